The Kier molecular flexibility index (Phi) is 5.73. The third kappa shape index (κ3) is 4.26. The molecule has 2 aromatic carbocycles. The van der Waals surface area contributed by atoms with E-state index in [2.05, 4.69) is 36.9 Å². The molecule has 1 heterocycles. The fourth-order valence-electron chi connectivity index (χ4n) is 2.28. The van der Waals surface area contributed by atoms with Crippen LogP contribution in [0.2, 0.25) is 0 Å². The summed E-state index contributed by atoms with van der Waals surface area (Å²) in [5.41, 5.74) is 1.20. The largest absolute Gasteiger partial charge is 0.506 e. The monoisotopic (exact) mass is 510 g/mol. The number of amidine groups is 1. The predicted octanol–water partition coefficient (Wildman–Crippen LogP) is 4.85. The summed E-state index contributed by atoms with van der Waals surface area (Å²) in [7, 11) is 1.61. The summed E-state index contributed by atoms with van der Waals surface area (Å²) >= 11 is 7.80. The third-order valence-electron chi connectivity index (χ3n) is 3.69. The molecule has 0 spiro atoms. The summed E-state index contributed by atoms with van der Waals surface area (Å²) in [6, 6.07) is 9.48. The molecule has 0 unspecified atom stereocenters. The van der Waals surface area contributed by atoms with Crippen LogP contribution in [0.25, 0.3) is 6.08 Å². The number of carbonyl (C=O) groups is 2. The highest BCUT2D eigenvalue weighted by Gasteiger charge is 2.30. The molecule has 0 bridgehead atoms. The maximum absolute atomic E-state index is 12.5. The molecule has 2 aromatic rings. The van der Waals surface area contributed by atoms with Crippen molar-refractivity contribution in [3.8, 4) is 5.75 Å². The van der Waals surface area contributed by atoms with Crippen LogP contribution in [0.1, 0.15) is 15.9 Å². The van der Waals surface area contributed by atoms with Crippen LogP contribution >= 0.6 is 43.6 Å². The first-order valence-corrected chi connectivity index (χ1v) is 9.94. The van der Waals surface area contributed by atoms with Crippen LogP contribution in [0, 0.1) is 0 Å². The fourth-order valence-corrected chi connectivity index (χ4v) is 4.51. The normalized spacial score (nSPS) is 17.1. The Morgan fingerprint density at radius 1 is 1.22 bits per heavy atom. The number of halogens is 2. The molecular formula is C18H12Br2N2O4S. The molecule has 6 nitrogen and oxygen atoms in total. The standard InChI is InChI=1S/C18H12Br2N2O4S/c1-22-16(24)14(7-10-6-11(19)8-13(20)15(10)23)27-18(22)21-12-4-2-9(3-5-12)17(25)26/h2-8,23H,1H3,(H,25,26). The zero-order chi connectivity index (χ0) is 19.7. The van der Waals surface area contributed by atoms with Crippen LogP contribution in [0.15, 0.2) is 55.2 Å². The first-order valence-electron chi connectivity index (χ1n) is 7.54. The summed E-state index contributed by atoms with van der Waals surface area (Å²) in [5.74, 6) is -1.21. The average molecular weight is 512 g/mol. The number of aromatic hydroxyl groups is 1. The number of carboxylic acids is 1. The van der Waals surface area contributed by atoms with E-state index in [-0.39, 0.29) is 17.2 Å². The van der Waals surface area contributed by atoms with Gasteiger partial charge in [-0.1, -0.05) is 15.9 Å². The van der Waals surface area contributed by atoms with Crippen LogP contribution in [0.3, 0.4) is 0 Å². The van der Waals surface area contributed by atoms with Crippen molar-refractivity contribution in [1.29, 1.82) is 0 Å². The van der Waals surface area contributed by atoms with E-state index in [9.17, 15) is 14.7 Å². The maximum atomic E-state index is 12.5. The van der Waals surface area contributed by atoms with Crippen molar-refractivity contribution in [2.24, 2.45) is 4.99 Å². The molecule has 3 rings (SSSR count). The highest BCUT2D eigenvalue weighted by Crippen LogP contribution is 2.37. The number of thioether (sulfide) groups is 1. The minimum absolute atomic E-state index is 0.0383. The van der Waals surface area contributed by atoms with Crippen molar-refractivity contribution in [3.05, 3.63) is 61.4 Å². The molecule has 0 aromatic heterocycles. The van der Waals surface area contributed by atoms with E-state index in [1.54, 1.807) is 37.4 Å². The molecule has 138 valence electrons. The molecule has 1 aliphatic heterocycles. The van der Waals surface area contributed by atoms with E-state index >= 15 is 0 Å². The van der Waals surface area contributed by atoms with E-state index in [1.165, 1.54) is 28.8 Å². The number of nitrogens with zero attached hydrogens (tertiary/aromatic N) is 2. The lowest BCUT2D eigenvalue weighted by molar-refractivity contribution is -0.121. The first kappa shape index (κ1) is 19.7. The fraction of sp³-hybridized carbons (Fsp3) is 0.0556. The number of carbonyl (C=O) groups excluding carboxylic acids is 1. The number of rotatable bonds is 3. The van der Waals surface area contributed by atoms with Crippen molar-refractivity contribution < 1.29 is 19.8 Å². The van der Waals surface area contributed by atoms with Gasteiger partial charge in [0.2, 0.25) is 0 Å². The number of hydrogen-bond acceptors (Lipinski definition) is 5. The SMILES string of the molecule is CN1C(=O)C(=Cc2cc(Br)cc(Br)c2O)SC1=Nc1ccc(C(=O)O)cc1. The van der Waals surface area contributed by atoms with Gasteiger partial charge in [0.05, 0.1) is 20.6 Å². The number of benzene rings is 2. The molecule has 0 aliphatic carbocycles. The highest BCUT2D eigenvalue weighted by atomic mass is 79.9. The number of carboxylic acid groups (broad SMARTS) is 1. The van der Waals surface area contributed by atoms with Gasteiger partial charge in [0.1, 0.15) is 5.75 Å². The van der Waals surface area contributed by atoms with Crippen molar-refractivity contribution in [3.63, 3.8) is 0 Å². The van der Waals surface area contributed by atoms with Gasteiger partial charge in [0, 0.05) is 17.1 Å². The molecule has 1 aliphatic rings. The van der Waals surface area contributed by atoms with Gasteiger partial charge in [0.15, 0.2) is 5.17 Å². The van der Waals surface area contributed by atoms with Crippen molar-refractivity contribution in [2.45, 2.75) is 0 Å². The van der Waals surface area contributed by atoms with Crippen molar-refractivity contribution in [1.82, 2.24) is 4.90 Å². The number of amides is 1. The van der Waals surface area contributed by atoms with Gasteiger partial charge >= 0.3 is 5.97 Å². The maximum Gasteiger partial charge on any atom is 0.335 e. The van der Waals surface area contributed by atoms with Gasteiger partial charge in [-0.3, -0.25) is 9.69 Å². The van der Waals surface area contributed by atoms with Crippen LogP contribution < -0.4 is 0 Å². The lowest BCUT2D eigenvalue weighted by atomic mass is 10.2. The van der Waals surface area contributed by atoms with E-state index in [0.29, 0.717) is 25.8 Å². The van der Waals surface area contributed by atoms with Gasteiger partial charge in [-0.25, -0.2) is 9.79 Å². The van der Waals surface area contributed by atoms with Gasteiger partial charge in [-0.15, -0.1) is 0 Å². The topological polar surface area (TPSA) is 90.2 Å². The quantitative estimate of drug-likeness (QED) is 0.575. The summed E-state index contributed by atoms with van der Waals surface area (Å²) < 4.78 is 1.27. The number of hydrogen-bond donors (Lipinski definition) is 2. The second kappa shape index (κ2) is 7.87. The lowest BCUT2D eigenvalue weighted by Gasteiger charge is -2.07. The third-order valence-corrected chi connectivity index (χ3v) is 5.81. The number of aromatic carboxylic acids is 1. The van der Waals surface area contributed by atoms with Crippen LogP contribution in [-0.2, 0) is 4.79 Å². The smallest absolute Gasteiger partial charge is 0.335 e. The summed E-state index contributed by atoms with van der Waals surface area (Å²) in [6.07, 6.45) is 1.60. The van der Waals surface area contributed by atoms with E-state index in [1.807, 2.05) is 0 Å². The number of phenolic OH excluding ortho intramolecular Hbond substituents is 1. The minimum atomic E-state index is -1.01. The summed E-state index contributed by atoms with van der Waals surface area (Å²) in [4.78, 5) is 29.7. The molecule has 0 saturated carbocycles. The highest BCUT2D eigenvalue weighted by molar-refractivity contribution is 9.11. The molecule has 1 saturated heterocycles. The second-order valence-corrected chi connectivity index (χ2v) is 8.33. The van der Waals surface area contributed by atoms with Crippen LogP contribution in [-0.4, -0.2) is 39.2 Å². The molecule has 2 N–H and O–H groups in total. The molecule has 1 amide bonds. The Bertz CT molecular complexity index is 1000. The van der Waals surface area contributed by atoms with Crippen LogP contribution in [0.4, 0.5) is 5.69 Å². The summed E-state index contributed by atoms with van der Waals surface area (Å²) in [6.45, 7) is 0. The minimum Gasteiger partial charge on any atom is -0.506 e. The second-order valence-electron chi connectivity index (χ2n) is 5.55. The average Bonchev–Trinajstić information content (AvgIpc) is 2.87. The predicted molar refractivity (Wildman–Crippen MR) is 112 cm³/mol. The van der Waals surface area contributed by atoms with Crippen molar-refractivity contribution >= 4 is 72.4 Å². The Morgan fingerprint density at radius 2 is 1.89 bits per heavy atom. The molecule has 27 heavy (non-hydrogen) atoms. The molecule has 1 fully saturated rings. The number of phenols is 1. The summed E-state index contributed by atoms with van der Waals surface area (Å²) in [5, 5.41) is 19.6. The Morgan fingerprint density at radius 3 is 2.52 bits per heavy atom. The van der Waals surface area contributed by atoms with Crippen molar-refractivity contribution in [2.75, 3.05) is 7.05 Å². The zero-order valence-electron chi connectivity index (χ0n) is 13.8. The van der Waals surface area contributed by atoms with E-state index in [0.717, 1.165) is 4.47 Å². The van der Waals surface area contributed by atoms with Gasteiger partial charge in [-0.2, -0.15) is 0 Å². The Balaban J connectivity index is 1.92. The zero-order valence-corrected chi connectivity index (χ0v) is 17.8. The molecule has 0 atom stereocenters. The van der Waals surface area contributed by atoms with E-state index in [4.69, 9.17) is 5.11 Å². The molecule has 0 radical (unpaired) electrons. The number of likely N-dealkylation sites (N-methyl/N-ethyl adjacent to an activating group) is 1. The van der Waals surface area contributed by atoms with Gasteiger partial charge in [0.25, 0.3) is 5.91 Å². The van der Waals surface area contributed by atoms with E-state index < -0.39 is 5.97 Å². The number of aliphatic imine (C=N–C) groups is 1. The van der Waals surface area contributed by atoms with Gasteiger partial charge < -0.3 is 10.2 Å². The molecule has 9 heteroatoms. The first-order chi connectivity index (χ1) is 12.8. The Hall–Kier alpha value is -2.10. The Labute approximate surface area is 175 Å². The lowest BCUT2D eigenvalue weighted by Crippen LogP contribution is -2.23. The van der Waals surface area contributed by atoms with Gasteiger partial charge in [-0.05, 0) is 70.2 Å². The molecular weight excluding hydrogens is 500 g/mol. The van der Waals surface area contributed by atoms with Crippen LogP contribution in [0.5, 0.6) is 5.75 Å².